The number of carbonyl (C=O) groups excluding carboxylic acids is 1. The molecule has 0 saturated heterocycles. The maximum absolute atomic E-state index is 10.6. The zero-order valence-electron chi connectivity index (χ0n) is 9.08. The smallest absolute Gasteiger partial charge is 0.358 e. The van der Waals surface area contributed by atoms with Gasteiger partial charge < -0.3 is 20.7 Å². The molecular weight excluding hydrogens is 238 g/mol. The molecule has 4 N–H and O–H groups in total. The zero-order valence-corrected chi connectivity index (χ0v) is 9.08. The van der Waals surface area contributed by atoms with Crippen molar-refractivity contribution in [3.8, 4) is 11.3 Å². The van der Waals surface area contributed by atoms with E-state index in [1.54, 1.807) is 24.3 Å². The molecule has 7 nitrogen and oxygen atoms in total. The summed E-state index contributed by atoms with van der Waals surface area (Å²) in [6, 6.07) is 7.19. The third kappa shape index (κ3) is 2.46. The number of carboxylic acid groups (broad SMARTS) is 1. The third-order valence-corrected chi connectivity index (χ3v) is 2.17. The van der Waals surface area contributed by atoms with Crippen molar-refractivity contribution in [1.82, 2.24) is 5.16 Å². The van der Waals surface area contributed by atoms with Crippen LogP contribution in [0.1, 0.15) is 10.5 Å². The minimum Gasteiger partial charge on any atom is -0.476 e. The molecule has 1 heterocycles. The lowest BCUT2D eigenvalue weighted by atomic mass is 10.1. The summed E-state index contributed by atoms with van der Waals surface area (Å²) >= 11 is 0. The molecule has 2 amide bonds. The van der Waals surface area contributed by atoms with E-state index in [1.165, 1.54) is 6.07 Å². The number of benzene rings is 1. The predicted octanol–water partition coefficient (Wildman–Crippen LogP) is 1.53. The first-order valence-corrected chi connectivity index (χ1v) is 4.93. The van der Waals surface area contributed by atoms with E-state index in [2.05, 4.69) is 10.5 Å². The number of carbonyl (C=O) groups is 2. The summed E-state index contributed by atoms with van der Waals surface area (Å²) in [7, 11) is 0. The fraction of sp³-hybridized carbons (Fsp3) is 0. The molecule has 0 saturated carbocycles. The van der Waals surface area contributed by atoms with Gasteiger partial charge in [-0.2, -0.15) is 0 Å². The maximum Gasteiger partial charge on any atom is 0.358 e. The molecule has 1 aromatic carbocycles. The highest BCUT2D eigenvalue weighted by molar-refractivity contribution is 5.88. The second kappa shape index (κ2) is 4.58. The molecule has 1 aromatic heterocycles. The number of rotatable bonds is 3. The number of hydrogen-bond acceptors (Lipinski definition) is 4. The number of amides is 2. The lowest BCUT2D eigenvalue weighted by Crippen LogP contribution is -2.19. The van der Waals surface area contributed by atoms with Crippen LogP contribution in [0.5, 0.6) is 0 Å². The minimum absolute atomic E-state index is 0.163. The van der Waals surface area contributed by atoms with Crippen molar-refractivity contribution in [3.05, 3.63) is 36.0 Å². The first-order chi connectivity index (χ1) is 8.56. The van der Waals surface area contributed by atoms with Crippen molar-refractivity contribution in [2.45, 2.75) is 0 Å². The summed E-state index contributed by atoms with van der Waals surface area (Å²) in [5.74, 6) is -0.824. The van der Waals surface area contributed by atoms with Crippen molar-refractivity contribution < 1.29 is 19.2 Å². The molecule has 0 bridgehead atoms. The number of nitrogens with zero attached hydrogens (tertiary/aromatic N) is 1. The molecule has 18 heavy (non-hydrogen) atoms. The van der Waals surface area contributed by atoms with E-state index >= 15 is 0 Å². The summed E-state index contributed by atoms with van der Waals surface area (Å²) in [4.78, 5) is 21.3. The van der Waals surface area contributed by atoms with Gasteiger partial charge in [-0.3, -0.25) is 0 Å². The van der Waals surface area contributed by atoms with Crippen molar-refractivity contribution in [1.29, 1.82) is 0 Å². The van der Waals surface area contributed by atoms with Gasteiger partial charge >= 0.3 is 12.0 Å². The van der Waals surface area contributed by atoms with E-state index in [0.29, 0.717) is 17.0 Å². The van der Waals surface area contributed by atoms with Crippen LogP contribution in [-0.2, 0) is 0 Å². The van der Waals surface area contributed by atoms with Crippen LogP contribution in [0.3, 0.4) is 0 Å². The zero-order chi connectivity index (χ0) is 13.1. The van der Waals surface area contributed by atoms with Crippen LogP contribution in [0.4, 0.5) is 10.5 Å². The Morgan fingerprint density at radius 2 is 1.94 bits per heavy atom. The average molecular weight is 247 g/mol. The largest absolute Gasteiger partial charge is 0.476 e. The monoisotopic (exact) mass is 247 g/mol. The average Bonchev–Trinajstić information content (AvgIpc) is 2.78. The van der Waals surface area contributed by atoms with E-state index in [-0.39, 0.29) is 5.69 Å². The predicted molar refractivity (Wildman–Crippen MR) is 62.1 cm³/mol. The Labute approximate surface area is 101 Å². The first-order valence-electron chi connectivity index (χ1n) is 4.93. The molecule has 0 aliphatic carbocycles. The summed E-state index contributed by atoms with van der Waals surface area (Å²) in [5.41, 5.74) is 5.98. The van der Waals surface area contributed by atoms with E-state index in [4.69, 9.17) is 15.4 Å². The van der Waals surface area contributed by atoms with Crippen LogP contribution in [0.15, 0.2) is 34.9 Å². The third-order valence-electron chi connectivity index (χ3n) is 2.17. The molecule has 0 spiro atoms. The van der Waals surface area contributed by atoms with Gasteiger partial charge in [0, 0.05) is 17.3 Å². The van der Waals surface area contributed by atoms with Crippen LogP contribution in [0.2, 0.25) is 0 Å². The van der Waals surface area contributed by atoms with Gasteiger partial charge in [0.15, 0.2) is 11.5 Å². The molecule has 7 heteroatoms. The van der Waals surface area contributed by atoms with Gasteiger partial charge in [-0.05, 0) is 24.3 Å². The summed E-state index contributed by atoms with van der Waals surface area (Å²) in [6.45, 7) is 0. The summed E-state index contributed by atoms with van der Waals surface area (Å²) in [6.07, 6.45) is 0. The number of nitrogens with two attached hydrogens (primary N) is 1. The van der Waals surface area contributed by atoms with Crippen LogP contribution in [-0.4, -0.2) is 22.3 Å². The number of carboxylic acids is 1. The van der Waals surface area contributed by atoms with Crippen LogP contribution >= 0.6 is 0 Å². The quantitative estimate of drug-likeness (QED) is 0.759. The van der Waals surface area contributed by atoms with E-state index in [9.17, 15) is 9.59 Å². The summed E-state index contributed by atoms with van der Waals surface area (Å²) < 4.78 is 4.89. The van der Waals surface area contributed by atoms with Crippen molar-refractivity contribution in [2.75, 3.05) is 5.32 Å². The normalized spacial score (nSPS) is 10.0. The lowest BCUT2D eigenvalue weighted by molar-refractivity contribution is 0.0686. The van der Waals surface area contributed by atoms with Gasteiger partial charge in [0.2, 0.25) is 0 Å². The minimum atomic E-state index is -1.16. The molecular formula is C11H9N3O4. The number of nitrogens with one attached hydrogen (secondary N) is 1. The molecule has 0 aliphatic rings. The molecule has 2 aromatic rings. The Kier molecular flexibility index (Phi) is 2.96. The molecule has 0 aliphatic heterocycles. The number of urea groups is 1. The van der Waals surface area contributed by atoms with Gasteiger partial charge in [-0.25, -0.2) is 9.59 Å². The fourth-order valence-corrected chi connectivity index (χ4v) is 1.37. The molecule has 0 atom stereocenters. The highest BCUT2D eigenvalue weighted by Gasteiger charge is 2.11. The highest BCUT2D eigenvalue weighted by Crippen LogP contribution is 2.22. The second-order valence-electron chi connectivity index (χ2n) is 3.45. The Morgan fingerprint density at radius 3 is 2.44 bits per heavy atom. The second-order valence-corrected chi connectivity index (χ2v) is 3.45. The molecule has 2 rings (SSSR count). The van der Waals surface area contributed by atoms with Gasteiger partial charge in [0.05, 0.1) is 0 Å². The lowest BCUT2D eigenvalue weighted by Gasteiger charge is -2.01. The SMILES string of the molecule is NC(=O)Nc1ccc(-c2cc(C(=O)O)no2)cc1. The molecule has 0 fully saturated rings. The number of hydrogen-bond donors (Lipinski definition) is 3. The van der Waals surface area contributed by atoms with E-state index in [0.717, 1.165) is 0 Å². The number of primary amides is 1. The molecule has 0 radical (unpaired) electrons. The standard InChI is InChI=1S/C11H9N3O4/c12-11(17)13-7-3-1-6(2-4-7)9-5-8(10(15)16)14-18-9/h1-5H,(H,15,16)(H3,12,13,17). The highest BCUT2D eigenvalue weighted by atomic mass is 16.5. The Bertz CT molecular complexity index is 589. The number of aromatic nitrogens is 1. The van der Waals surface area contributed by atoms with Gasteiger partial charge in [0.25, 0.3) is 0 Å². The Balaban J connectivity index is 2.22. The van der Waals surface area contributed by atoms with Crippen LogP contribution in [0.25, 0.3) is 11.3 Å². The topological polar surface area (TPSA) is 118 Å². The first kappa shape index (κ1) is 11.6. The molecule has 92 valence electrons. The van der Waals surface area contributed by atoms with Crippen molar-refractivity contribution >= 4 is 17.7 Å². The molecule has 0 unspecified atom stereocenters. The van der Waals surface area contributed by atoms with Crippen LogP contribution in [0, 0.1) is 0 Å². The van der Waals surface area contributed by atoms with Gasteiger partial charge in [-0.15, -0.1) is 0 Å². The number of aromatic carboxylic acids is 1. The maximum atomic E-state index is 10.6. The van der Waals surface area contributed by atoms with E-state index < -0.39 is 12.0 Å². The van der Waals surface area contributed by atoms with Crippen molar-refractivity contribution in [2.24, 2.45) is 5.73 Å². The summed E-state index contributed by atoms with van der Waals surface area (Å²) in [5, 5.41) is 14.5. The number of anilines is 1. The van der Waals surface area contributed by atoms with E-state index in [1.807, 2.05) is 0 Å². The Morgan fingerprint density at radius 1 is 1.28 bits per heavy atom. The fourth-order valence-electron chi connectivity index (χ4n) is 1.37. The van der Waals surface area contributed by atoms with Crippen LogP contribution < -0.4 is 11.1 Å². The van der Waals surface area contributed by atoms with Crippen molar-refractivity contribution in [3.63, 3.8) is 0 Å². The van der Waals surface area contributed by atoms with Gasteiger partial charge in [-0.1, -0.05) is 5.16 Å². The van der Waals surface area contributed by atoms with Gasteiger partial charge in [0.1, 0.15) is 0 Å². The Hall–Kier alpha value is -2.83.